The van der Waals surface area contributed by atoms with Crippen LogP contribution in [0.4, 0.5) is 0 Å². The molecule has 0 saturated carbocycles. The summed E-state index contributed by atoms with van der Waals surface area (Å²) in [5.41, 5.74) is 6.41. The summed E-state index contributed by atoms with van der Waals surface area (Å²) < 4.78 is 3.81. The minimum atomic E-state index is -0.0941. The van der Waals surface area contributed by atoms with Crippen LogP contribution in [-0.4, -0.2) is 28.1 Å². The Bertz CT molecular complexity index is 359. The zero-order chi connectivity index (χ0) is 12.7. The van der Waals surface area contributed by atoms with Crippen molar-refractivity contribution in [3.05, 3.63) is 10.6 Å². The van der Waals surface area contributed by atoms with Gasteiger partial charge < -0.3 is 11.1 Å². The van der Waals surface area contributed by atoms with Crippen LogP contribution >= 0.6 is 23.9 Å². The second kappa shape index (κ2) is 9.24. The van der Waals surface area contributed by atoms with Crippen molar-refractivity contribution in [1.82, 2.24) is 14.9 Å². The fourth-order valence-electron chi connectivity index (χ4n) is 1.56. The third-order valence-electron chi connectivity index (χ3n) is 2.62. The average Bonchev–Trinajstić information content (AvgIpc) is 2.82. The number of nitrogens with zero attached hydrogens (tertiary/aromatic N) is 2. The van der Waals surface area contributed by atoms with E-state index in [0.29, 0.717) is 11.4 Å². The van der Waals surface area contributed by atoms with Crippen LogP contribution in [0.3, 0.4) is 0 Å². The Labute approximate surface area is 118 Å². The summed E-state index contributed by atoms with van der Waals surface area (Å²) in [4.78, 5) is 12.6. The first kappa shape index (κ1) is 17.3. The Kier molecular flexibility index (Phi) is 8.87. The lowest BCUT2D eigenvalue weighted by atomic mass is 10.1. The van der Waals surface area contributed by atoms with E-state index < -0.39 is 0 Å². The van der Waals surface area contributed by atoms with E-state index in [4.69, 9.17) is 5.73 Å². The molecule has 1 unspecified atom stereocenters. The van der Waals surface area contributed by atoms with Crippen LogP contribution in [0, 0.1) is 0 Å². The van der Waals surface area contributed by atoms with Crippen LogP contribution < -0.4 is 11.1 Å². The van der Waals surface area contributed by atoms with Gasteiger partial charge in [-0.1, -0.05) is 31.2 Å². The van der Waals surface area contributed by atoms with Gasteiger partial charge in [0.05, 0.1) is 5.69 Å². The summed E-state index contributed by atoms with van der Waals surface area (Å²) in [6, 6.07) is 0.0502. The van der Waals surface area contributed by atoms with Gasteiger partial charge in [0.25, 0.3) is 5.91 Å². The third-order valence-corrected chi connectivity index (χ3v) is 3.39. The van der Waals surface area contributed by atoms with Crippen LogP contribution in [-0.2, 0) is 6.42 Å². The summed E-state index contributed by atoms with van der Waals surface area (Å²) in [5.74, 6) is -0.0941. The molecule has 1 heterocycles. The molecule has 3 N–H and O–H groups in total. The van der Waals surface area contributed by atoms with Gasteiger partial charge in [-0.05, 0) is 24.4 Å². The standard InChI is InChI=1S/C11H20N4OS.ClH/c1-3-5-6-8(7-12)13-11(16)10-9(4-2)14-15-17-10;/h8H,3-7,12H2,1-2H3,(H,13,16);1H. The van der Waals surface area contributed by atoms with Gasteiger partial charge in [0, 0.05) is 12.6 Å². The molecule has 1 atom stereocenters. The van der Waals surface area contributed by atoms with Gasteiger partial charge in [-0.25, -0.2) is 0 Å². The van der Waals surface area contributed by atoms with Gasteiger partial charge in [-0.3, -0.25) is 4.79 Å². The van der Waals surface area contributed by atoms with Crippen LogP contribution in [0.15, 0.2) is 0 Å². The quantitative estimate of drug-likeness (QED) is 0.802. The van der Waals surface area contributed by atoms with E-state index in [-0.39, 0.29) is 24.4 Å². The molecule has 1 aromatic rings. The molecule has 104 valence electrons. The highest BCUT2D eigenvalue weighted by molar-refractivity contribution is 7.08. The van der Waals surface area contributed by atoms with E-state index in [9.17, 15) is 4.79 Å². The molecule has 0 aliphatic carbocycles. The van der Waals surface area contributed by atoms with Crippen LogP contribution in [0.5, 0.6) is 0 Å². The highest BCUT2D eigenvalue weighted by Crippen LogP contribution is 2.11. The number of hydrogen-bond donors (Lipinski definition) is 2. The van der Waals surface area contributed by atoms with Crippen molar-refractivity contribution in [3.63, 3.8) is 0 Å². The maximum absolute atomic E-state index is 12.0. The number of amides is 1. The minimum Gasteiger partial charge on any atom is -0.347 e. The van der Waals surface area contributed by atoms with Gasteiger partial charge in [-0.15, -0.1) is 17.5 Å². The number of unbranched alkanes of at least 4 members (excludes halogenated alkanes) is 1. The molecular weight excluding hydrogens is 272 g/mol. The van der Waals surface area contributed by atoms with E-state index in [1.165, 1.54) is 0 Å². The molecule has 0 fully saturated rings. The fraction of sp³-hybridized carbons (Fsp3) is 0.727. The van der Waals surface area contributed by atoms with Crippen molar-refractivity contribution in [1.29, 1.82) is 0 Å². The molecular formula is C11H21ClN4OS. The largest absolute Gasteiger partial charge is 0.347 e. The number of halogens is 1. The van der Waals surface area contributed by atoms with E-state index in [2.05, 4.69) is 21.8 Å². The Morgan fingerprint density at radius 2 is 2.22 bits per heavy atom. The summed E-state index contributed by atoms with van der Waals surface area (Å²) in [7, 11) is 0. The van der Waals surface area contributed by atoms with Gasteiger partial charge >= 0.3 is 0 Å². The fourth-order valence-corrected chi connectivity index (χ4v) is 2.22. The number of nitrogens with one attached hydrogen (secondary N) is 1. The SMILES string of the molecule is CCCCC(CN)NC(=O)c1snnc1CC.Cl. The maximum atomic E-state index is 12.0. The second-order valence-electron chi connectivity index (χ2n) is 3.95. The second-order valence-corrected chi connectivity index (χ2v) is 4.70. The number of aromatic nitrogens is 2. The molecule has 0 aliphatic rings. The lowest BCUT2D eigenvalue weighted by Crippen LogP contribution is -2.40. The van der Waals surface area contributed by atoms with E-state index in [1.807, 2.05) is 6.92 Å². The lowest BCUT2D eigenvalue weighted by molar-refractivity contribution is 0.0939. The number of carbonyl (C=O) groups excluding carboxylic acids is 1. The van der Waals surface area contributed by atoms with Crippen molar-refractivity contribution in [3.8, 4) is 0 Å². The first-order chi connectivity index (χ1) is 8.22. The highest BCUT2D eigenvalue weighted by atomic mass is 35.5. The zero-order valence-corrected chi connectivity index (χ0v) is 12.4. The predicted octanol–water partition coefficient (Wildman–Crippen LogP) is 1.77. The maximum Gasteiger partial charge on any atom is 0.265 e. The summed E-state index contributed by atoms with van der Waals surface area (Å²) in [5, 5.41) is 6.87. The lowest BCUT2D eigenvalue weighted by Gasteiger charge is -2.15. The monoisotopic (exact) mass is 292 g/mol. The molecule has 5 nitrogen and oxygen atoms in total. The topological polar surface area (TPSA) is 80.9 Å². The molecule has 1 aromatic heterocycles. The molecule has 0 bridgehead atoms. The van der Waals surface area contributed by atoms with Crippen molar-refractivity contribution < 1.29 is 4.79 Å². The smallest absolute Gasteiger partial charge is 0.265 e. The number of hydrogen-bond acceptors (Lipinski definition) is 5. The van der Waals surface area contributed by atoms with Gasteiger partial charge in [0.1, 0.15) is 4.88 Å². The van der Waals surface area contributed by atoms with Crippen molar-refractivity contribution in [2.75, 3.05) is 6.54 Å². The minimum absolute atomic E-state index is 0. The summed E-state index contributed by atoms with van der Waals surface area (Å²) >= 11 is 1.14. The zero-order valence-electron chi connectivity index (χ0n) is 10.8. The van der Waals surface area contributed by atoms with E-state index in [1.54, 1.807) is 0 Å². The summed E-state index contributed by atoms with van der Waals surface area (Å²) in [6.45, 7) is 4.56. The Morgan fingerprint density at radius 1 is 1.50 bits per heavy atom. The van der Waals surface area contributed by atoms with Crippen molar-refractivity contribution >= 4 is 29.8 Å². The molecule has 7 heteroatoms. The third kappa shape index (κ3) is 4.88. The molecule has 1 rings (SSSR count). The van der Waals surface area contributed by atoms with E-state index in [0.717, 1.165) is 42.9 Å². The summed E-state index contributed by atoms with van der Waals surface area (Å²) in [6.07, 6.45) is 3.83. The van der Waals surface area contributed by atoms with Crippen molar-refractivity contribution in [2.45, 2.75) is 45.6 Å². The van der Waals surface area contributed by atoms with Gasteiger partial charge in [0.15, 0.2) is 0 Å². The molecule has 0 aliphatic heterocycles. The Morgan fingerprint density at radius 3 is 2.78 bits per heavy atom. The van der Waals surface area contributed by atoms with Gasteiger partial charge in [0.2, 0.25) is 0 Å². The Hall–Kier alpha value is -0.720. The molecule has 1 amide bonds. The first-order valence-electron chi connectivity index (χ1n) is 6.05. The number of rotatable bonds is 7. The normalized spacial score (nSPS) is 11.7. The molecule has 0 radical (unpaired) electrons. The van der Waals surface area contributed by atoms with Gasteiger partial charge in [-0.2, -0.15) is 0 Å². The first-order valence-corrected chi connectivity index (χ1v) is 6.82. The molecule has 0 spiro atoms. The number of nitrogens with two attached hydrogens (primary N) is 1. The van der Waals surface area contributed by atoms with E-state index >= 15 is 0 Å². The predicted molar refractivity (Wildman–Crippen MR) is 76.4 cm³/mol. The molecule has 0 aromatic carbocycles. The number of carbonyl (C=O) groups is 1. The van der Waals surface area contributed by atoms with Crippen LogP contribution in [0.25, 0.3) is 0 Å². The van der Waals surface area contributed by atoms with Crippen LogP contribution in [0.2, 0.25) is 0 Å². The Balaban J connectivity index is 0.00000289. The van der Waals surface area contributed by atoms with Crippen molar-refractivity contribution in [2.24, 2.45) is 5.73 Å². The van der Waals surface area contributed by atoms with Crippen LogP contribution in [0.1, 0.15) is 48.5 Å². The highest BCUT2D eigenvalue weighted by Gasteiger charge is 2.17. The average molecular weight is 293 g/mol. The molecule has 0 saturated heterocycles. The number of aryl methyl sites for hydroxylation is 1. The molecule has 18 heavy (non-hydrogen) atoms.